The molecule has 1 aromatic heterocycles. The Morgan fingerprint density at radius 1 is 0.944 bits per heavy atom. The van der Waals surface area contributed by atoms with Gasteiger partial charge in [0.05, 0.1) is 18.7 Å². The third-order valence-corrected chi connectivity index (χ3v) is 5.91. The number of carbonyl (C=O) groups is 3. The van der Waals surface area contributed by atoms with Crippen LogP contribution in [0.5, 0.6) is 11.5 Å². The lowest BCUT2D eigenvalue weighted by atomic mass is 9.94. The van der Waals surface area contributed by atoms with E-state index in [2.05, 4.69) is 0 Å². The van der Waals surface area contributed by atoms with Crippen LogP contribution in [-0.4, -0.2) is 29.9 Å². The highest BCUT2D eigenvalue weighted by atomic mass is 16.5. The maximum Gasteiger partial charge on any atom is 0.308 e. The van der Waals surface area contributed by atoms with Gasteiger partial charge < -0.3 is 19.0 Å². The molecule has 0 aliphatic carbocycles. The normalized spacial score (nSPS) is 15.4. The number of Topliss-reactive ketones (excluding diaryl/α,β-unsaturated/α-hetero) is 1. The third kappa shape index (κ3) is 3.98. The molecule has 8 heteroatoms. The summed E-state index contributed by atoms with van der Waals surface area (Å²) < 4.78 is 16.1. The monoisotopic (exact) mass is 483 g/mol. The lowest BCUT2D eigenvalue weighted by molar-refractivity contribution is -0.131. The summed E-state index contributed by atoms with van der Waals surface area (Å²) >= 11 is 0. The summed E-state index contributed by atoms with van der Waals surface area (Å²) in [5.74, 6) is -1.57. The van der Waals surface area contributed by atoms with Crippen LogP contribution in [0.2, 0.25) is 0 Å². The number of anilines is 1. The first-order chi connectivity index (χ1) is 17.4. The molecule has 1 aliphatic heterocycles. The fraction of sp³-hybridized carbons (Fsp3) is 0.107. The fourth-order valence-corrected chi connectivity index (χ4v) is 4.27. The number of ether oxygens (including phenoxy) is 2. The molecule has 0 radical (unpaired) electrons. The standard InChI is InChI=1S/C28H21NO7/c1-16(30)35-21-11-7-17(8-12-21)25-24(26(31)23-15-18-5-3-4-6-22(18)36-23)27(32)28(33)29(25)19-9-13-20(34-2)14-10-19/h3-15,25,32H,1-2H3. The molecule has 5 rings (SSSR count). The van der Waals surface area contributed by atoms with E-state index in [4.69, 9.17) is 13.9 Å². The van der Waals surface area contributed by atoms with Gasteiger partial charge in [0.15, 0.2) is 11.5 Å². The Morgan fingerprint density at radius 3 is 2.25 bits per heavy atom. The van der Waals surface area contributed by atoms with Gasteiger partial charge in [0.1, 0.15) is 17.1 Å². The number of benzene rings is 3. The second-order valence-electron chi connectivity index (χ2n) is 8.18. The quantitative estimate of drug-likeness (QED) is 0.230. The minimum absolute atomic E-state index is 0.00339. The molecular formula is C28H21NO7. The maximum atomic E-state index is 13.7. The number of aliphatic hydroxyl groups excluding tert-OH is 1. The Balaban J connectivity index is 1.62. The number of para-hydroxylation sites is 1. The smallest absolute Gasteiger partial charge is 0.308 e. The van der Waals surface area contributed by atoms with E-state index in [1.54, 1.807) is 72.8 Å². The van der Waals surface area contributed by atoms with Crippen LogP contribution in [0.25, 0.3) is 11.0 Å². The van der Waals surface area contributed by atoms with E-state index in [1.165, 1.54) is 18.9 Å². The Morgan fingerprint density at radius 2 is 1.61 bits per heavy atom. The number of fused-ring (bicyclic) bond motifs is 1. The molecule has 1 atom stereocenters. The molecule has 0 fully saturated rings. The van der Waals surface area contributed by atoms with Crippen molar-refractivity contribution in [2.24, 2.45) is 0 Å². The Bertz CT molecular complexity index is 1480. The lowest BCUT2D eigenvalue weighted by Gasteiger charge is -2.27. The number of furan rings is 1. The van der Waals surface area contributed by atoms with Crippen LogP contribution in [0.15, 0.2) is 94.6 Å². The van der Waals surface area contributed by atoms with Gasteiger partial charge in [-0.1, -0.05) is 30.3 Å². The number of esters is 1. The predicted molar refractivity (Wildman–Crippen MR) is 131 cm³/mol. The summed E-state index contributed by atoms with van der Waals surface area (Å²) in [5.41, 5.74) is 1.38. The number of carbonyl (C=O) groups excluding carboxylic acids is 3. The van der Waals surface area contributed by atoms with Crippen LogP contribution in [0.4, 0.5) is 5.69 Å². The molecule has 1 amide bonds. The number of aliphatic hydroxyl groups is 1. The number of methoxy groups -OCH3 is 1. The number of rotatable bonds is 6. The number of nitrogens with zero attached hydrogens (tertiary/aromatic N) is 1. The molecule has 0 spiro atoms. The SMILES string of the molecule is COc1ccc(N2C(=O)C(O)=C(C(=O)c3cc4ccccc4o3)C2c2ccc(OC(C)=O)cc2)cc1. The minimum Gasteiger partial charge on any atom is -0.503 e. The van der Waals surface area contributed by atoms with Crippen molar-refractivity contribution in [1.29, 1.82) is 0 Å². The molecule has 36 heavy (non-hydrogen) atoms. The number of ketones is 1. The first-order valence-electron chi connectivity index (χ1n) is 11.1. The van der Waals surface area contributed by atoms with Crippen molar-refractivity contribution in [2.75, 3.05) is 12.0 Å². The first kappa shape index (κ1) is 22.9. The minimum atomic E-state index is -0.960. The van der Waals surface area contributed by atoms with Crippen LogP contribution >= 0.6 is 0 Å². The van der Waals surface area contributed by atoms with E-state index in [0.29, 0.717) is 28.3 Å². The topological polar surface area (TPSA) is 106 Å². The van der Waals surface area contributed by atoms with Crippen molar-refractivity contribution in [3.05, 3.63) is 102 Å². The molecule has 8 nitrogen and oxygen atoms in total. The van der Waals surface area contributed by atoms with Gasteiger partial charge in [-0.2, -0.15) is 0 Å². The summed E-state index contributed by atoms with van der Waals surface area (Å²) in [5, 5.41) is 11.7. The second kappa shape index (κ2) is 9.07. The van der Waals surface area contributed by atoms with E-state index in [1.807, 2.05) is 6.07 Å². The van der Waals surface area contributed by atoms with Gasteiger partial charge >= 0.3 is 5.97 Å². The van der Waals surface area contributed by atoms with E-state index < -0.39 is 29.5 Å². The van der Waals surface area contributed by atoms with Crippen LogP contribution in [0.1, 0.15) is 29.1 Å². The van der Waals surface area contributed by atoms with Gasteiger partial charge in [-0.3, -0.25) is 19.3 Å². The van der Waals surface area contributed by atoms with Crippen molar-refractivity contribution in [2.45, 2.75) is 13.0 Å². The number of hydrogen-bond donors (Lipinski definition) is 1. The van der Waals surface area contributed by atoms with Crippen molar-refractivity contribution < 1.29 is 33.4 Å². The molecule has 0 bridgehead atoms. The molecule has 2 heterocycles. The molecule has 1 aliphatic rings. The molecular weight excluding hydrogens is 462 g/mol. The zero-order valence-electron chi connectivity index (χ0n) is 19.4. The Labute approximate surface area is 206 Å². The Hall–Kier alpha value is -4.85. The van der Waals surface area contributed by atoms with E-state index in [-0.39, 0.29) is 11.3 Å². The average molecular weight is 483 g/mol. The van der Waals surface area contributed by atoms with E-state index in [9.17, 15) is 19.5 Å². The molecule has 0 saturated heterocycles. The molecule has 4 aromatic rings. The third-order valence-electron chi connectivity index (χ3n) is 5.91. The van der Waals surface area contributed by atoms with Crippen molar-refractivity contribution >= 4 is 34.3 Å². The van der Waals surface area contributed by atoms with Crippen LogP contribution in [-0.2, 0) is 9.59 Å². The van der Waals surface area contributed by atoms with Gasteiger partial charge in [0.25, 0.3) is 5.91 Å². The summed E-state index contributed by atoms with van der Waals surface area (Å²) in [4.78, 5) is 39.6. The fourth-order valence-electron chi connectivity index (χ4n) is 4.27. The van der Waals surface area contributed by atoms with E-state index in [0.717, 1.165) is 5.39 Å². The lowest BCUT2D eigenvalue weighted by Crippen LogP contribution is -2.31. The second-order valence-corrected chi connectivity index (χ2v) is 8.18. The van der Waals surface area contributed by atoms with Gasteiger partial charge in [0, 0.05) is 18.0 Å². The molecule has 3 aromatic carbocycles. The first-order valence-corrected chi connectivity index (χ1v) is 11.1. The maximum absolute atomic E-state index is 13.7. The van der Waals surface area contributed by atoms with Crippen LogP contribution < -0.4 is 14.4 Å². The molecule has 1 unspecified atom stereocenters. The summed E-state index contributed by atoms with van der Waals surface area (Å²) in [6.45, 7) is 1.29. The molecule has 180 valence electrons. The van der Waals surface area contributed by atoms with Gasteiger partial charge in [-0.15, -0.1) is 0 Å². The predicted octanol–water partition coefficient (Wildman–Crippen LogP) is 5.15. The highest BCUT2D eigenvalue weighted by Gasteiger charge is 2.45. The van der Waals surface area contributed by atoms with Crippen molar-refractivity contribution in [3.63, 3.8) is 0 Å². The average Bonchev–Trinajstić information content (AvgIpc) is 3.43. The molecule has 1 N–H and O–H groups in total. The van der Waals surface area contributed by atoms with Crippen LogP contribution in [0.3, 0.4) is 0 Å². The van der Waals surface area contributed by atoms with Gasteiger partial charge in [0.2, 0.25) is 5.78 Å². The zero-order valence-corrected chi connectivity index (χ0v) is 19.4. The highest BCUT2D eigenvalue weighted by molar-refractivity contribution is 6.20. The van der Waals surface area contributed by atoms with Crippen LogP contribution in [0, 0.1) is 0 Å². The van der Waals surface area contributed by atoms with Crippen molar-refractivity contribution in [1.82, 2.24) is 0 Å². The summed E-state index contributed by atoms with van der Waals surface area (Å²) in [7, 11) is 1.53. The largest absolute Gasteiger partial charge is 0.503 e. The highest BCUT2D eigenvalue weighted by Crippen LogP contribution is 2.43. The Kier molecular flexibility index (Phi) is 5.77. The van der Waals surface area contributed by atoms with Gasteiger partial charge in [-0.25, -0.2) is 0 Å². The molecule has 0 saturated carbocycles. The number of amides is 1. The zero-order chi connectivity index (χ0) is 25.4. The summed E-state index contributed by atoms with van der Waals surface area (Å²) in [6.07, 6.45) is 0. The summed E-state index contributed by atoms with van der Waals surface area (Å²) in [6, 6.07) is 20.9. The van der Waals surface area contributed by atoms with Crippen molar-refractivity contribution in [3.8, 4) is 11.5 Å². The van der Waals surface area contributed by atoms with E-state index >= 15 is 0 Å². The van der Waals surface area contributed by atoms with Gasteiger partial charge in [-0.05, 0) is 54.1 Å². The number of hydrogen-bond acceptors (Lipinski definition) is 7.